The van der Waals surface area contributed by atoms with E-state index in [1.54, 1.807) is 126 Å². The third kappa shape index (κ3) is 29.8. The molecule has 0 heterocycles. The zero-order valence-corrected chi connectivity index (χ0v) is 62.5. The maximum absolute atomic E-state index is 15.3. The number of carboxylic acids is 3. The van der Waals surface area contributed by atoms with E-state index in [4.69, 9.17) is 24.1 Å². The Hall–Kier alpha value is -11.8. The number of ether oxygens (including phenoxy) is 4. The van der Waals surface area contributed by atoms with Gasteiger partial charge in [0.1, 0.15) is 65.9 Å². The summed E-state index contributed by atoms with van der Waals surface area (Å²) in [6, 6.07) is 39.8. The van der Waals surface area contributed by atoms with E-state index in [0.717, 1.165) is 16.7 Å². The molecule has 0 radical (unpaired) electrons. The Balaban J connectivity index is 1.26. The molecule has 0 unspecified atom stereocenters. The molecular weight excluding hydrogens is 1430 g/mol. The molecule has 0 fully saturated rings. The molecule has 0 saturated carbocycles. The highest BCUT2D eigenvalue weighted by molar-refractivity contribution is 8.00. The second kappa shape index (κ2) is 42.5. The van der Waals surface area contributed by atoms with Gasteiger partial charge in [-0.25, -0.2) is 24.0 Å². The number of hydrogen-bond acceptors (Lipinski definition) is 18. The molecule has 0 saturated heterocycles. The van der Waals surface area contributed by atoms with Crippen molar-refractivity contribution in [1.29, 1.82) is 0 Å². The lowest BCUT2D eigenvalue weighted by Crippen LogP contribution is -2.60. The number of urea groups is 1. The van der Waals surface area contributed by atoms with Gasteiger partial charge >= 0.3 is 42.0 Å². The van der Waals surface area contributed by atoms with Gasteiger partial charge in [-0.2, -0.15) is 0 Å². The van der Waals surface area contributed by atoms with Gasteiger partial charge in [0.05, 0.1) is 17.8 Å². The smallest absolute Gasteiger partial charge is 0.408 e. The Bertz CT molecular complexity index is 3940. The van der Waals surface area contributed by atoms with Crippen LogP contribution >= 0.6 is 11.8 Å². The number of thioether (sulfide) groups is 1. The molecule has 0 bridgehead atoms. The number of hydrogen-bond donors (Lipinski definition) is 12. The van der Waals surface area contributed by atoms with Crippen molar-refractivity contribution in [2.75, 3.05) is 25.4 Å². The normalized spacial score (nSPS) is 13.2. The van der Waals surface area contributed by atoms with Gasteiger partial charge in [-0.15, -0.1) is 11.8 Å². The minimum Gasteiger partial charge on any atom is -0.494 e. The van der Waals surface area contributed by atoms with Crippen LogP contribution in [-0.2, 0) is 91.1 Å². The lowest BCUT2D eigenvalue weighted by molar-refractivity contribution is -0.157. The van der Waals surface area contributed by atoms with E-state index in [2.05, 4.69) is 37.2 Å². The molecule has 109 heavy (non-hydrogen) atoms. The minimum absolute atomic E-state index is 0.130. The first kappa shape index (κ1) is 86.1. The highest BCUT2D eigenvalue weighted by atomic mass is 32.2. The topological polar surface area (TPSA) is 428 Å². The predicted octanol–water partition coefficient (Wildman–Crippen LogP) is 6.38. The maximum atomic E-state index is 15.3. The van der Waals surface area contributed by atoms with Crippen molar-refractivity contribution in [3.05, 3.63) is 209 Å². The molecule has 12 N–H and O–H groups in total. The Morgan fingerprint density at radius 1 is 0.431 bits per heavy atom. The fourth-order valence-corrected chi connectivity index (χ4v) is 12.6. The lowest BCUT2D eigenvalue weighted by atomic mass is 9.84. The second-order valence-electron chi connectivity index (χ2n) is 27.2. The summed E-state index contributed by atoms with van der Waals surface area (Å²) in [4.78, 5) is 176. The standard InChI is InChI=1S/C79H95N9O20S/c1-8-105-56-36-34-52(35-37-56)48-106-74(102)63(49-109-79(53-28-18-11-19-29-53,54-30-20-12-21-31-54)55-32-22-13-23-33-55)85-70(96)61(46-67(93)107-77(2,3)4)84-71(97)62(88-76(104)108-78(5,6)7)47-81-68(94)59(44-50-24-14-9-15-25-50)83-69(95)60(45-51-26-16-10-17-27-51)82-65(90)42-43-80-64(89)40-38-57(72(98)99)86-75(103)87-58(73(100)101)39-41-66(91)92/h9-37,57-63H,8,38-49H2,1-7H3,(H,80,89)(H,81,94)(H,82,90)(H,83,95)(H,84,97)(H,85,96)(H,88,104)(H,91,92)(H,98,99)(H,100,101)(H2,86,87,103)/t57-,58-,59-,60-,61-,62-,63-/m0/s1. The number of carbonyl (C=O) groups is 13. The van der Waals surface area contributed by atoms with E-state index >= 15 is 9.59 Å². The Labute approximate surface area is 635 Å². The van der Waals surface area contributed by atoms with Crippen molar-refractivity contribution in [3.63, 3.8) is 0 Å². The Kier molecular flexibility index (Phi) is 33.6. The molecule has 0 aliphatic rings. The van der Waals surface area contributed by atoms with Gasteiger partial charge in [0.25, 0.3) is 0 Å². The summed E-state index contributed by atoms with van der Waals surface area (Å²) in [6.07, 6.45) is -4.84. The molecule has 7 atom stereocenters. The fraction of sp³-hybridized carbons (Fsp3) is 0.380. The zero-order chi connectivity index (χ0) is 79.7. The van der Waals surface area contributed by atoms with E-state index in [9.17, 15) is 63.0 Å². The second-order valence-corrected chi connectivity index (χ2v) is 28.4. The van der Waals surface area contributed by atoms with Crippen LogP contribution in [0.1, 0.15) is 120 Å². The first-order chi connectivity index (χ1) is 51.8. The van der Waals surface area contributed by atoms with Crippen molar-refractivity contribution in [3.8, 4) is 5.75 Å². The molecule has 582 valence electrons. The van der Waals surface area contributed by atoms with Crippen LogP contribution < -0.4 is 52.6 Å². The lowest BCUT2D eigenvalue weighted by Gasteiger charge is -2.36. The molecule has 0 aromatic heterocycles. The van der Waals surface area contributed by atoms with Gasteiger partial charge in [0, 0.05) is 50.9 Å². The molecule has 6 aromatic rings. The summed E-state index contributed by atoms with van der Waals surface area (Å²) in [7, 11) is 0. The summed E-state index contributed by atoms with van der Waals surface area (Å²) >= 11 is 1.32. The van der Waals surface area contributed by atoms with E-state index in [-0.39, 0.29) is 31.7 Å². The van der Waals surface area contributed by atoms with E-state index in [1.165, 1.54) is 11.8 Å². The average Bonchev–Trinajstić information content (AvgIpc) is 0.756. The van der Waals surface area contributed by atoms with Crippen LogP contribution in [0.15, 0.2) is 176 Å². The summed E-state index contributed by atoms with van der Waals surface area (Å²) in [5.41, 5.74) is 1.91. The number of carbonyl (C=O) groups excluding carboxylic acids is 10. The van der Waals surface area contributed by atoms with Crippen molar-refractivity contribution in [2.45, 2.75) is 165 Å². The SMILES string of the molecule is CCOc1ccc(COC(=O)[C@H](CSC(c2ccccc2)(c2ccccc2)c2ccccc2)NC(=O)[C@H](CC(=O)OC(C)(C)C)NC(=O)[C@H](CNC(=O)[C@H](Cc2ccccc2)NC(=O)[C@H](Cc2ccccc2)NC(=O)CCNC(=O)CC[C@H](NC(=O)N[C@@H](CCC(=O)O)C(=O)O)C(=O)O)NC(=O)OC(C)(C)C)cc1. The number of benzene rings is 6. The highest BCUT2D eigenvalue weighted by Crippen LogP contribution is 2.48. The highest BCUT2D eigenvalue weighted by Gasteiger charge is 2.41. The van der Waals surface area contributed by atoms with Crippen molar-refractivity contribution < 1.29 is 96.6 Å². The van der Waals surface area contributed by atoms with Crippen molar-refractivity contribution >= 4 is 89.2 Å². The largest absolute Gasteiger partial charge is 0.494 e. The van der Waals surface area contributed by atoms with Gasteiger partial charge in [0.15, 0.2) is 0 Å². The Morgan fingerprint density at radius 2 is 0.881 bits per heavy atom. The third-order valence-electron chi connectivity index (χ3n) is 16.2. The van der Waals surface area contributed by atoms with Gasteiger partial charge in [0.2, 0.25) is 35.4 Å². The molecule has 0 aliphatic heterocycles. The molecule has 9 amide bonds. The molecular formula is C79H95N9O20S. The van der Waals surface area contributed by atoms with Crippen LogP contribution in [0.25, 0.3) is 0 Å². The van der Waals surface area contributed by atoms with Crippen LogP contribution in [0.2, 0.25) is 0 Å². The fourth-order valence-electron chi connectivity index (χ4n) is 11.0. The van der Waals surface area contributed by atoms with E-state index in [1.807, 2.05) is 109 Å². The molecule has 6 rings (SSSR count). The van der Waals surface area contributed by atoms with Crippen LogP contribution in [-0.4, -0.2) is 172 Å². The van der Waals surface area contributed by atoms with Gasteiger partial charge in [-0.3, -0.25) is 38.4 Å². The van der Waals surface area contributed by atoms with Crippen LogP contribution in [0.4, 0.5) is 9.59 Å². The molecule has 6 aromatic carbocycles. The predicted molar refractivity (Wildman–Crippen MR) is 402 cm³/mol. The number of carboxylic acid groups (broad SMARTS) is 3. The number of aliphatic carboxylic acids is 3. The first-order valence-electron chi connectivity index (χ1n) is 35.3. The number of esters is 2. The molecule has 0 aliphatic carbocycles. The number of alkyl carbamates (subject to hydrolysis) is 1. The first-order valence-corrected chi connectivity index (χ1v) is 36.3. The van der Waals surface area contributed by atoms with Crippen molar-refractivity contribution in [1.82, 2.24) is 47.9 Å². The Morgan fingerprint density at radius 3 is 1.36 bits per heavy atom. The third-order valence-corrected chi connectivity index (χ3v) is 17.8. The quantitative estimate of drug-likeness (QED) is 0.0113. The minimum atomic E-state index is -1.86. The van der Waals surface area contributed by atoms with Crippen molar-refractivity contribution in [2.24, 2.45) is 0 Å². The average molecular weight is 1520 g/mol. The monoisotopic (exact) mass is 1520 g/mol. The van der Waals surface area contributed by atoms with Gasteiger partial charge in [-0.05, 0) is 107 Å². The molecule has 30 heteroatoms. The maximum Gasteiger partial charge on any atom is 0.408 e. The molecule has 0 spiro atoms. The summed E-state index contributed by atoms with van der Waals surface area (Å²) in [5, 5.41) is 50.4. The number of rotatable bonds is 41. The van der Waals surface area contributed by atoms with Crippen LogP contribution in [0.3, 0.4) is 0 Å². The number of nitrogens with one attached hydrogen (secondary N) is 9. The number of amides is 9. The summed E-state index contributed by atoms with van der Waals surface area (Å²) in [5.74, 6) is -11.4. The van der Waals surface area contributed by atoms with Gasteiger partial charge < -0.3 is 82.1 Å². The van der Waals surface area contributed by atoms with Crippen LogP contribution in [0, 0.1) is 0 Å². The summed E-state index contributed by atoms with van der Waals surface area (Å²) < 4.78 is 21.8. The van der Waals surface area contributed by atoms with Crippen LogP contribution in [0.5, 0.6) is 5.75 Å². The summed E-state index contributed by atoms with van der Waals surface area (Å²) in [6.45, 7) is 10.4. The van der Waals surface area contributed by atoms with E-state index in [0.29, 0.717) is 29.0 Å². The van der Waals surface area contributed by atoms with E-state index < -0.39 is 181 Å². The zero-order valence-electron chi connectivity index (χ0n) is 61.7. The van der Waals surface area contributed by atoms with Gasteiger partial charge in [-0.1, -0.05) is 164 Å². The molecule has 29 nitrogen and oxygen atoms in total.